The van der Waals surface area contributed by atoms with E-state index < -0.39 is 11.9 Å². The molecule has 1 unspecified atom stereocenters. The van der Waals surface area contributed by atoms with Crippen molar-refractivity contribution in [2.24, 2.45) is 0 Å². The Labute approximate surface area is 121 Å². The van der Waals surface area contributed by atoms with Gasteiger partial charge in [-0.05, 0) is 29.8 Å². The zero-order valence-corrected chi connectivity index (χ0v) is 11.5. The maximum atomic E-state index is 13.7. The predicted molar refractivity (Wildman–Crippen MR) is 78.8 cm³/mol. The lowest BCUT2D eigenvalue weighted by Gasteiger charge is -2.13. The molecular weight excluding hydrogens is 269 g/mol. The van der Waals surface area contributed by atoms with Crippen molar-refractivity contribution < 1.29 is 14.2 Å². The van der Waals surface area contributed by atoms with E-state index in [4.69, 9.17) is 4.74 Å². The van der Waals surface area contributed by atoms with Crippen LogP contribution in [-0.4, -0.2) is 17.2 Å². The van der Waals surface area contributed by atoms with Crippen LogP contribution in [0.5, 0.6) is 5.75 Å². The second-order valence-corrected chi connectivity index (χ2v) is 4.76. The molecule has 0 aliphatic rings. The van der Waals surface area contributed by atoms with Crippen LogP contribution in [0.25, 0.3) is 10.9 Å². The molecule has 0 saturated heterocycles. The van der Waals surface area contributed by atoms with Gasteiger partial charge in [0.2, 0.25) is 0 Å². The Morgan fingerprint density at radius 3 is 2.67 bits per heavy atom. The van der Waals surface area contributed by atoms with Gasteiger partial charge in [-0.2, -0.15) is 0 Å². The summed E-state index contributed by atoms with van der Waals surface area (Å²) in [6, 6.07) is 13.9. The first kappa shape index (κ1) is 13.5. The molecule has 1 N–H and O–H groups in total. The first-order valence-corrected chi connectivity index (χ1v) is 6.55. The van der Waals surface area contributed by atoms with Crippen molar-refractivity contribution in [3.05, 3.63) is 71.7 Å². The van der Waals surface area contributed by atoms with Gasteiger partial charge in [-0.15, -0.1) is 0 Å². The van der Waals surface area contributed by atoms with Gasteiger partial charge in [-0.25, -0.2) is 4.39 Å². The van der Waals surface area contributed by atoms with E-state index >= 15 is 0 Å². The fourth-order valence-corrected chi connectivity index (χ4v) is 2.28. The number of halogens is 1. The van der Waals surface area contributed by atoms with E-state index in [1.165, 1.54) is 19.2 Å². The van der Waals surface area contributed by atoms with Crippen LogP contribution in [0.4, 0.5) is 4.39 Å². The number of benzene rings is 2. The lowest BCUT2D eigenvalue weighted by molar-refractivity contribution is 0.219. The Kier molecular flexibility index (Phi) is 3.54. The van der Waals surface area contributed by atoms with Crippen LogP contribution in [-0.2, 0) is 0 Å². The molecule has 1 heterocycles. The average molecular weight is 283 g/mol. The molecule has 0 fully saturated rings. The highest BCUT2D eigenvalue weighted by Gasteiger charge is 2.14. The summed E-state index contributed by atoms with van der Waals surface area (Å²) in [5.74, 6) is -0.342. The van der Waals surface area contributed by atoms with Crippen molar-refractivity contribution in [2.75, 3.05) is 7.11 Å². The van der Waals surface area contributed by atoms with Crippen LogP contribution in [0, 0.1) is 5.82 Å². The first-order chi connectivity index (χ1) is 10.2. The fourth-order valence-electron chi connectivity index (χ4n) is 2.28. The number of nitrogens with zero attached hydrogens (tertiary/aromatic N) is 1. The van der Waals surface area contributed by atoms with Crippen LogP contribution >= 0.6 is 0 Å². The van der Waals surface area contributed by atoms with Gasteiger partial charge < -0.3 is 9.84 Å². The monoisotopic (exact) mass is 283 g/mol. The molecule has 0 aliphatic heterocycles. The predicted octanol–water partition coefficient (Wildman–Crippen LogP) is 3.46. The Morgan fingerprint density at radius 2 is 1.90 bits per heavy atom. The number of pyridine rings is 1. The minimum Gasteiger partial charge on any atom is -0.494 e. The van der Waals surface area contributed by atoms with E-state index in [1.807, 2.05) is 30.3 Å². The summed E-state index contributed by atoms with van der Waals surface area (Å²) in [6.45, 7) is 0. The topological polar surface area (TPSA) is 42.4 Å². The van der Waals surface area contributed by atoms with Crippen molar-refractivity contribution in [1.82, 2.24) is 4.98 Å². The Balaban J connectivity index is 1.99. The van der Waals surface area contributed by atoms with Crippen molar-refractivity contribution in [3.63, 3.8) is 0 Å². The molecule has 3 rings (SSSR count). The maximum Gasteiger partial charge on any atom is 0.165 e. The minimum absolute atomic E-state index is 0.155. The first-order valence-electron chi connectivity index (χ1n) is 6.55. The summed E-state index contributed by atoms with van der Waals surface area (Å²) >= 11 is 0. The number of hydrogen-bond acceptors (Lipinski definition) is 3. The summed E-state index contributed by atoms with van der Waals surface area (Å²) < 4.78 is 18.6. The number of rotatable bonds is 3. The number of aromatic nitrogens is 1. The highest BCUT2D eigenvalue weighted by Crippen LogP contribution is 2.27. The van der Waals surface area contributed by atoms with Crippen LogP contribution in [0.3, 0.4) is 0 Å². The number of fused-ring (bicyclic) bond motifs is 1. The lowest BCUT2D eigenvalue weighted by atomic mass is 10.0. The number of methoxy groups -OCH3 is 1. The second-order valence-electron chi connectivity index (χ2n) is 4.76. The molecule has 0 spiro atoms. The number of para-hydroxylation sites is 1. The second kappa shape index (κ2) is 5.50. The summed E-state index contributed by atoms with van der Waals surface area (Å²) in [5, 5.41) is 11.3. The SMILES string of the molecule is COc1ccc(C(O)c2cnc3ccccc3c2)cc1F. The standard InChI is InChI=1S/C17H14FNO2/c1-21-16-7-6-12(9-14(16)18)17(20)13-8-11-4-2-3-5-15(11)19-10-13/h2-10,17,20H,1H3. The van der Waals surface area contributed by atoms with Crippen LogP contribution in [0.15, 0.2) is 54.7 Å². The number of aliphatic hydroxyl groups is 1. The summed E-state index contributed by atoms with van der Waals surface area (Å²) in [7, 11) is 1.40. The molecule has 3 nitrogen and oxygen atoms in total. The molecule has 0 amide bonds. The number of aliphatic hydroxyl groups excluding tert-OH is 1. The Hall–Kier alpha value is -2.46. The Morgan fingerprint density at radius 1 is 1.10 bits per heavy atom. The van der Waals surface area contributed by atoms with Crippen molar-refractivity contribution in [2.45, 2.75) is 6.10 Å². The van der Waals surface area contributed by atoms with E-state index in [-0.39, 0.29) is 5.75 Å². The third kappa shape index (κ3) is 2.58. The fraction of sp³-hybridized carbons (Fsp3) is 0.118. The molecule has 3 aromatic rings. The normalized spacial score (nSPS) is 12.3. The summed E-state index contributed by atoms with van der Waals surface area (Å²) in [4.78, 5) is 4.31. The van der Waals surface area contributed by atoms with Gasteiger partial charge in [0.25, 0.3) is 0 Å². The molecule has 4 heteroatoms. The smallest absolute Gasteiger partial charge is 0.165 e. The molecule has 0 bridgehead atoms. The van der Waals surface area contributed by atoms with E-state index in [0.717, 1.165) is 10.9 Å². The van der Waals surface area contributed by atoms with Crippen molar-refractivity contribution >= 4 is 10.9 Å². The van der Waals surface area contributed by atoms with Crippen LogP contribution in [0.2, 0.25) is 0 Å². The molecule has 1 atom stereocenters. The van der Waals surface area contributed by atoms with E-state index in [2.05, 4.69) is 4.98 Å². The lowest BCUT2D eigenvalue weighted by Crippen LogP contribution is -2.01. The van der Waals surface area contributed by atoms with Crippen molar-refractivity contribution in [1.29, 1.82) is 0 Å². The summed E-state index contributed by atoms with van der Waals surface area (Å²) in [6.07, 6.45) is 0.678. The van der Waals surface area contributed by atoms with Gasteiger partial charge in [-0.1, -0.05) is 24.3 Å². The van der Waals surface area contributed by atoms with Gasteiger partial charge in [0.15, 0.2) is 11.6 Å². The third-order valence-corrected chi connectivity index (χ3v) is 3.42. The minimum atomic E-state index is -0.928. The zero-order valence-electron chi connectivity index (χ0n) is 11.5. The summed E-state index contributed by atoms with van der Waals surface area (Å²) in [5.41, 5.74) is 1.94. The van der Waals surface area contributed by atoms with Gasteiger partial charge in [0.1, 0.15) is 6.10 Å². The molecule has 1 aromatic heterocycles. The van der Waals surface area contributed by atoms with E-state index in [0.29, 0.717) is 11.1 Å². The third-order valence-electron chi connectivity index (χ3n) is 3.42. The number of ether oxygens (including phenoxy) is 1. The molecular formula is C17H14FNO2. The molecule has 0 radical (unpaired) electrons. The van der Waals surface area contributed by atoms with Crippen LogP contribution in [0.1, 0.15) is 17.2 Å². The van der Waals surface area contributed by atoms with Gasteiger partial charge in [0, 0.05) is 17.1 Å². The zero-order chi connectivity index (χ0) is 14.8. The average Bonchev–Trinajstić information content (AvgIpc) is 2.53. The molecule has 106 valence electrons. The molecule has 21 heavy (non-hydrogen) atoms. The quantitative estimate of drug-likeness (QED) is 0.800. The molecule has 2 aromatic carbocycles. The number of hydrogen-bond donors (Lipinski definition) is 1. The Bertz CT molecular complexity index is 789. The largest absolute Gasteiger partial charge is 0.494 e. The van der Waals surface area contributed by atoms with Gasteiger partial charge >= 0.3 is 0 Å². The highest BCUT2D eigenvalue weighted by molar-refractivity contribution is 5.78. The maximum absolute atomic E-state index is 13.7. The van der Waals surface area contributed by atoms with E-state index in [1.54, 1.807) is 12.3 Å². The van der Waals surface area contributed by atoms with Crippen LogP contribution < -0.4 is 4.74 Å². The van der Waals surface area contributed by atoms with Gasteiger partial charge in [0.05, 0.1) is 12.6 Å². The molecule has 0 aliphatic carbocycles. The molecule has 0 saturated carbocycles. The van der Waals surface area contributed by atoms with Crippen molar-refractivity contribution in [3.8, 4) is 5.75 Å². The van der Waals surface area contributed by atoms with Gasteiger partial charge in [-0.3, -0.25) is 4.98 Å². The highest BCUT2D eigenvalue weighted by atomic mass is 19.1. The van der Waals surface area contributed by atoms with E-state index in [9.17, 15) is 9.50 Å².